The summed E-state index contributed by atoms with van der Waals surface area (Å²) in [5.41, 5.74) is 4.15. The molecular formula is C20H20N2O3. The number of para-hydroxylation sites is 2. The average Bonchev–Trinajstić information content (AvgIpc) is 3.21. The number of carboxylic acid groups (broad SMARTS) is 1. The molecule has 4 rings (SSSR count). The summed E-state index contributed by atoms with van der Waals surface area (Å²) in [4.78, 5) is 16.7. The number of carbonyl (C=O) groups is 1. The first-order chi connectivity index (χ1) is 12.2. The molecule has 0 amide bonds. The molecule has 25 heavy (non-hydrogen) atoms. The largest absolute Gasteiger partial charge is 0.481 e. The maximum absolute atomic E-state index is 10.5. The van der Waals surface area contributed by atoms with Crippen LogP contribution in [0.15, 0.2) is 60.9 Å². The Balaban J connectivity index is 0.000000146. The third-order valence-corrected chi connectivity index (χ3v) is 4.07. The highest BCUT2D eigenvalue weighted by atomic mass is 16.4. The molecule has 0 radical (unpaired) electrons. The van der Waals surface area contributed by atoms with Crippen molar-refractivity contribution in [2.45, 2.75) is 12.8 Å². The van der Waals surface area contributed by atoms with E-state index in [9.17, 15) is 4.79 Å². The van der Waals surface area contributed by atoms with E-state index in [-0.39, 0.29) is 13.0 Å². The second kappa shape index (κ2) is 7.68. The van der Waals surface area contributed by atoms with Gasteiger partial charge in [-0.1, -0.05) is 36.4 Å². The molecule has 0 spiro atoms. The molecular weight excluding hydrogens is 316 g/mol. The van der Waals surface area contributed by atoms with Crippen molar-refractivity contribution in [1.82, 2.24) is 9.97 Å². The molecule has 0 unspecified atom stereocenters. The van der Waals surface area contributed by atoms with Gasteiger partial charge in [-0.2, -0.15) is 0 Å². The number of hydrogen-bond donors (Lipinski definition) is 4. The number of aliphatic hydroxyl groups excluding tert-OH is 1. The van der Waals surface area contributed by atoms with Gasteiger partial charge >= 0.3 is 5.97 Å². The average molecular weight is 336 g/mol. The van der Waals surface area contributed by atoms with E-state index in [2.05, 4.69) is 16.0 Å². The van der Waals surface area contributed by atoms with E-state index in [0.29, 0.717) is 0 Å². The van der Waals surface area contributed by atoms with E-state index in [1.807, 2.05) is 48.7 Å². The first kappa shape index (κ1) is 16.8. The first-order valence-electron chi connectivity index (χ1n) is 8.11. The number of nitrogens with one attached hydrogen (secondary N) is 2. The van der Waals surface area contributed by atoms with Crippen LogP contribution in [0.2, 0.25) is 0 Å². The minimum atomic E-state index is -0.801. The standard InChI is InChI=1S/C10H9NO2.C10H11NO/c12-10(13)5-7-6-11-9-4-2-1-3-8(7)9;12-6-5-8-7-11-10-4-2-1-3-9(8)10/h1-4,6,11H,5H2,(H,12,13);1-4,7,11-12H,5-6H2. The number of aromatic nitrogens is 2. The van der Waals surface area contributed by atoms with E-state index in [0.717, 1.165) is 28.4 Å². The van der Waals surface area contributed by atoms with Gasteiger partial charge in [0.1, 0.15) is 0 Å². The van der Waals surface area contributed by atoms with Crippen LogP contribution in [0.3, 0.4) is 0 Å². The van der Waals surface area contributed by atoms with Gasteiger partial charge in [-0.15, -0.1) is 0 Å². The lowest BCUT2D eigenvalue weighted by atomic mass is 10.1. The van der Waals surface area contributed by atoms with Crippen LogP contribution in [0, 0.1) is 0 Å². The predicted octanol–water partition coefficient (Wildman–Crippen LogP) is 3.50. The second-order valence-electron chi connectivity index (χ2n) is 5.76. The zero-order valence-corrected chi connectivity index (χ0v) is 13.7. The molecule has 2 aromatic carbocycles. The summed E-state index contributed by atoms with van der Waals surface area (Å²) in [6.07, 6.45) is 4.51. The molecule has 0 fully saturated rings. The predicted molar refractivity (Wildman–Crippen MR) is 98.7 cm³/mol. The van der Waals surface area contributed by atoms with Crippen LogP contribution in [0.5, 0.6) is 0 Å². The number of H-pyrrole nitrogens is 2. The van der Waals surface area contributed by atoms with Gasteiger partial charge in [0.2, 0.25) is 0 Å². The van der Waals surface area contributed by atoms with Crippen molar-refractivity contribution < 1.29 is 15.0 Å². The number of rotatable bonds is 4. The van der Waals surface area contributed by atoms with Gasteiger partial charge in [-0.05, 0) is 29.7 Å². The molecule has 2 aromatic heterocycles. The normalized spacial score (nSPS) is 10.6. The Hall–Kier alpha value is -3.05. The summed E-state index contributed by atoms with van der Waals surface area (Å²) in [5, 5.41) is 19.6. The van der Waals surface area contributed by atoms with Crippen molar-refractivity contribution in [3.8, 4) is 0 Å². The van der Waals surface area contributed by atoms with Gasteiger partial charge in [-0.25, -0.2) is 0 Å². The summed E-state index contributed by atoms with van der Waals surface area (Å²) in [6.45, 7) is 0.210. The topological polar surface area (TPSA) is 89.1 Å². The fourth-order valence-corrected chi connectivity index (χ4v) is 2.90. The molecule has 0 saturated carbocycles. The Morgan fingerprint density at radius 1 is 0.840 bits per heavy atom. The van der Waals surface area contributed by atoms with Crippen LogP contribution in [-0.4, -0.2) is 32.8 Å². The summed E-state index contributed by atoms with van der Waals surface area (Å²) < 4.78 is 0. The van der Waals surface area contributed by atoms with Crippen LogP contribution >= 0.6 is 0 Å². The number of fused-ring (bicyclic) bond motifs is 2. The Morgan fingerprint density at radius 3 is 1.92 bits per heavy atom. The van der Waals surface area contributed by atoms with Crippen LogP contribution < -0.4 is 0 Å². The van der Waals surface area contributed by atoms with Crippen molar-refractivity contribution in [3.63, 3.8) is 0 Å². The smallest absolute Gasteiger partial charge is 0.307 e. The van der Waals surface area contributed by atoms with Gasteiger partial charge in [-0.3, -0.25) is 4.79 Å². The maximum atomic E-state index is 10.5. The van der Waals surface area contributed by atoms with E-state index in [1.54, 1.807) is 6.20 Å². The van der Waals surface area contributed by atoms with Crippen LogP contribution in [0.25, 0.3) is 21.8 Å². The lowest BCUT2D eigenvalue weighted by molar-refractivity contribution is -0.136. The van der Waals surface area contributed by atoms with E-state index >= 15 is 0 Å². The summed E-state index contributed by atoms with van der Waals surface area (Å²) in [7, 11) is 0. The van der Waals surface area contributed by atoms with Crippen molar-refractivity contribution in [2.75, 3.05) is 6.61 Å². The minimum Gasteiger partial charge on any atom is -0.481 e. The van der Waals surface area contributed by atoms with Gasteiger partial charge in [0.05, 0.1) is 6.42 Å². The van der Waals surface area contributed by atoms with Crippen molar-refractivity contribution in [2.24, 2.45) is 0 Å². The number of benzene rings is 2. The van der Waals surface area contributed by atoms with Crippen molar-refractivity contribution >= 4 is 27.8 Å². The number of aliphatic hydroxyl groups is 1. The molecule has 2 heterocycles. The van der Waals surface area contributed by atoms with Crippen molar-refractivity contribution in [1.29, 1.82) is 0 Å². The molecule has 5 heteroatoms. The van der Waals surface area contributed by atoms with E-state index < -0.39 is 5.97 Å². The van der Waals surface area contributed by atoms with Gasteiger partial charge in [0, 0.05) is 40.8 Å². The SMILES string of the molecule is O=C(O)Cc1c[nH]c2ccccc12.OCCc1c[nH]c2ccccc12. The number of carboxylic acids is 1. The second-order valence-corrected chi connectivity index (χ2v) is 5.76. The monoisotopic (exact) mass is 336 g/mol. The van der Waals surface area contributed by atoms with E-state index in [1.165, 1.54) is 10.9 Å². The zero-order chi connectivity index (χ0) is 17.6. The van der Waals surface area contributed by atoms with Gasteiger partial charge in [0.25, 0.3) is 0 Å². The zero-order valence-electron chi connectivity index (χ0n) is 13.7. The molecule has 4 aromatic rings. The Labute approximate surface area is 144 Å². The molecule has 4 N–H and O–H groups in total. The number of aliphatic carboxylic acids is 1. The van der Waals surface area contributed by atoms with Gasteiger partial charge < -0.3 is 20.2 Å². The fourth-order valence-electron chi connectivity index (χ4n) is 2.90. The third kappa shape index (κ3) is 3.89. The molecule has 0 aliphatic carbocycles. The lowest BCUT2D eigenvalue weighted by Gasteiger charge is -1.93. The lowest BCUT2D eigenvalue weighted by Crippen LogP contribution is -1.98. The molecule has 0 aliphatic heterocycles. The molecule has 0 saturated heterocycles. The third-order valence-electron chi connectivity index (χ3n) is 4.07. The molecule has 0 aliphatic rings. The summed E-state index contributed by atoms with van der Waals surface area (Å²) in [5.74, 6) is -0.801. The summed E-state index contributed by atoms with van der Waals surface area (Å²) >= 11 is 0. The van der Waals surface area contributed by atoms with Gasteiger partial charge in [0.15, 0.2) is 0 Å². The highest BCUT2D eigenvalue weighted by molar-refractivity contribution is 5.86. The summed E-state index contributed by atoms with van der Waals surface area (Å²) in [6, 6.07) is 15.8. The van der Waals surface area contributed by atoms with Crippen LogP contribution in [0.1, 0.15) is 11.1 Å². The Morgan fingerprint density at radius 2 is 1.36 bits per heavy atom. The molecule has 0 atom stereocenters. The number of hydrogen-bond acceptors (Lipinski definition) is 2. The van der Waals surface area contributed by atoms with Crippen molar-refractivity contribution in [3.05, 3.63) is 72.1 Å². The molecule has 128 valence electrons. The molecule has 5 nitrogen and oxygen atoms in total. The fraction of sp³-hybridized carbons (Fsp3) is 0.150. The number of aromatic amines is 2. The highest BCUT2D eigenvalue weighted by Gasteiger charge is 2.05. The van der Waals surface area contributed by atoms with Crippen LogP contribution in [-0.2, 0) is 17.6 Å². The Bertz CT molecular complexity index is 985. The Kier molecular flexibility index (Phi) is 5.16. The quantitative estimate of drug-likeness (QED) is 0.460. The molecule has 0 bridgehead atoms. The minimum absolute atomic E-state index is 0.0734. The highest BCUT2D eigenvalue weighted by Crippen LogP contribution is 2.18. The van der Waals surface area contributed by atoms with E-state index in [4.69, 9.17) is 10.2 Å². The van der Waals surface area contributed by atoms with Crippen LogP contribution in [0.4, 0.5) is 0 Å². The first-order valence-corrected chi connectivity index (χ1v) is 8.11. The maximum Gasteiger partial charge on any atom is 0.307 e.